The Balaban J connectivity index is 1.89. The molecule has 2 rings (SSSR count). The molecule has 1 aliphatic rings. The van der Waals surface area contributed by atoms with E-state index in [1.54, 1.807) is 12.1 Å². The van der Waals surface area contributed by atoms with Gasteiger partial charge in [-0.3, -0.25) is 9.69 Å². The molecule has 0 atom stereocenters. The van der Waals surface area contributed by atoms with E-state index in [-0.39, 0.29) is 5.91 Å². The molecule has 1 saturated heterocycles. The number of nitrogens with zero attached hydrogens (tertiary/aromatic N) is 1. The molecule has 1 fully saturated rings. The molecule has 1 amide bonds. The number of nitrogens with one attached hydrogen (secondary N) is 2. The van der Waals surface area contributed by atoms with E-state index in [1.807, 2.05) is 24.8 Å². The van der Waals surface area contributed by atoms with E-state index in [9.17, 15) is 4.79 Å². The first kappa shape index (κ1) is 16.0. The van der Waals surface area contributed by atoms with Crippen LogP contribution in [0.4, 0.5) is 11.4 Å². The first-order chi connectivity index (χ1) is 10.2. The molecule has 1 aliphatic heterocycles. The molecule has 0 aliphatic carbocycles. The van der Waals surface area contributed by atoms with Crippen LogP contribution in [0.2, 0.25) is 0 Å². The molecule has 1 aromatic rings. The summed E-state index contributed by atoms with van der Waals surface area (Å²) in [4.78, 5) is 14.3. The molecule has 0 saturated carbocycles. The summed E-state index contributed by atoms with van der Waals surface area (Å²) in [5.41, 5.74) is 8.13. The fraction of sp³-hybridized carbons (Fsp3) is 0.533. The number of carbonyl (C=O) groups excluding carboxylic acids is 1. The molecule has 1 heterocycles. The number of nitrogen functional groups attached to an aromatic ring is 1. The fourth-order valence-electron chi connectivity index (χ4n) is 2.29. The zero-order valence-electron chi connectivity index (χ0n) is 12.5. The average Bonchev–Trinajstić information content (AvgIpc) is 2.50. The van der Waals surface area contributed by atoms with Gasteiger partial charge in [0.15, 0.2) is 0 Å². The molecule has 1 aromatic carbocycles. The van der Waals surface area contributed by atoms with E-state index in [0.29, 0.717) is 17.8 Å². The highest BCUT2D eigenvalue weighted by molar-refractivity contribution is 7.99. The minimum absolute atomic E-state index is 0.0615. The van der Waals surface area contributed by atoms with Crippen molar-refractivity contribution in [1.82, 2.24) is 10.2 Å². The van der Waals surface area contributed by atoms with Crippen molar-refractivity contribution >= 4 is 29.0 Å². The third-order valence-electron chi connectivity index (χ3n) is 3.50. The number of rotatable bonds is 6. The predicted molar refractivity (Wildman–Crippen MR) is 91.1 cm³/mol. The van der Waals surface area contributed by atoms with Gasteiger partial charge in [-0.25, -0.2) is 0 Å². The van der Waals surface area contributed by atoms with Crippen molar-refractivity contribution in [2.45, 2.75) is 6.92 Å². The number of amides is 1. The fourth-order valence-corrected chi connectivity index (χ4v) is 3.27. The molecular weight excluding hydrogens is 284 g/mol. The monoisotopic (exact) mass is 308 g/mol. The second kappa shape index (κ2) is 8.14. The lowest BCUT2D eigenvalue weighted by Crippen LogP contribution is -2.36. The Bertz CT molecular complexity index is 475. The van der Waals surface area contributed by atoms with Crippen LogP contribution in [-0.4, -0.2) is 55.0 Å². The second-order valence-corrected chi connectivity index (χ2v) is 6.27. The Morgan fingerprint density at radius 2 is 2.14 bits per heavy atom. The normalized spacial score (nSPS) is 15.7. The van der Waals surface area contributed by atoms with Gasteiger partial charge in [0.25, 0.3) is 5.91 Å². The zero-order valence-corrected chi connectivity index (χ0v) is 13.3. The Kier molecular flexibility index (Phi) is 6.20. The Morgan fingerprint density at radius 1 is 1.38 bits per heavy atom. The van der Waals surface area contributed by atoms with Crippen LogP contribution >= 0.6 is 11.8 Å². The van der Waals surface area contributed by atoms with Crippen LogP contribution in [0.1, 0.15) is 17.3 Å². The smallest absolute Gasteiger partial charge is 0.251 e. The highest BCUT2D eigenvalue weighted by atomic mass is 32.2. The summed E-state index contributed by atoms with van der Waals surface area (Å²) in [5, 5.41) is 6.14. The highest BCUT2D eigenvalue weighted by Gasteiger charge is 2.10. The number of nitrogens with two attached hydrogens (primary N) is 1. The third kappa shape index (κ3) is 4.82. The van der Waals surface area contributed by atoms with E-state index < -0.39 is 0 Å². The van der Waals surface area contributed by atoms with Gasteiger partial charge in [-0.2, -0.15) is 11.8 Å². The lowest BCUT2D eigenvalue weighted by molar-refractivity contribution is 0.0956. The van der Waals surface area contributed by atoms with Crippen molar-refractivity contribution in [3.63, 3.8) is 0 Å². The molecule has 4 N–H and O–H groups in total. The van der Waals surface area contributed by atoms with Gasteiger partial charge in [0, 0.05) is 49.8 Å². The summed E-state index contributed by atoms with van der Waals surface area (Å²) in [5.74, 6) is 2.37. The van der Waals surface area contributed by atoms with Gasteiger partial charge >= 0.3 is 0 Å². The van der Waals surface area contributed by atoms with E-state index in [2.05, 4.69) is 15.5 Å². The topological polar surface area (TPSA) is 70.4 Å². The van der Waals surface area contributed by atoms with Crippen LogP contribution in [0.15, 0.2) is 18.2 Å². The maximum absolute atomic E-state index is 11.8. The van der Waals surface area contributed by atoms with Gasteiger partial charge in [-0.1, -0.05) is 0 Å². The molecule has 0 unspecified atom stereocenters. The minimum atomic E-state index is -0.0615. The first-order valence-electron chi connectivity index (χ1n) is 7.42. The van der Waals surface area contributed by atoms with Crippen molar-refractivity contribution in [2.24, 2.45) is 0 Å². The molecule has 5 nitrogen and oxygen atoms in total. The number of anilines is 2. The van der Waals surface area contributed by atoms with Crippen LogP contribution < -0.4 is 16.4 Å². The van der Waals surface area contributed by atoms with E-state index in [1.165, 1.54) is 11.5 Å². The van der Waals surface area contributed by atoms with Crippen molar-refractivity contribution in [3.8, 4) is 0 Å². The summed E-state index contributed by atoms with van der Waals surface area (Å²) in [6, 6.07) is 5.37. The maximum atomic E-state index is 11.8. The molecule has 0 spiro atoms. The largest absolute Gasteiger partial charge is 0.397 e. The molecular formula is C15H24N4OS. The Labute approximate surface area is 130 Å². The van der Waals surface area contributed by atoms with Crippen molar-refractivity contribution < 1.29 is 4.79 Å². The van der Waals surface area contributed by atoms with Crippen LogP contribution in [0.5, 0.6) is 0 Å². The van der Waals surface area contributed by atoms with Crippen molar-refractivity contribution in [2.75, 3.05) is 55.3 Å². The van der Waals surface area contributed by atoms with Gasteiger partial charge in [-0.15, -0.1) is 0 Å². The highest BCUT2D eigenvalue weighted by Crippen LogP contribution is 2.20. The molecule has 0 bridgehead atoms. The van der Waals surface area contributed by atoms with E-state index in [0.717, 1.165) is 31.9 Å². The summed E-state index contributed by atoms with van der Waals surface area (Å²) in [7, 11) is 0. The summed E-state index contributed by atoms with van der Waals surface area (Å²) >= 11 is 2.01. The molecule has 21 heavy (non-hydrogen) atoms. The zero-order chi connectivity index (χ0) is 15.1. The molecule has 0 radical (unpaired) electrons. The number of hydrogen-bond acceptors (Lipinski definition) is 5. The van der Waals surface area contributed by atoms with Gasteiger partial charge < -0.3 is 16.4 Å². The van der Waals surface area contributed by atoms with Gasteiger partial charge in [0.2, 0.25) is 0 Å². The summed E-state index contributed by atoms with van der Waals surface area (Å²) in [6.07, 6.45) is 0. The first-order valence-corrected chi connectivity index (χ1v) is 8.58. The predicted octanol–water partition coefficient (Wildman–Crippen LogP) is 1.48. The minimum Gasteiger partial charge on any atom is -0.397 e. The van der Waals surface area contributed by atoms with Crippen molar-refractivity contribution in [3.05, 3.63) is 23.8 Å². The van der Waals surface area contributed by atoms with E-state index >= 15 is 0 Å². The summed E-state index contributed by atoms with van der Waals surface area (Å²) in [6.45, 7) is 6.69. The van der Waals surface area contributed by atoms with Gasteiger partial charge in [-0.05, 0) is 25.1 Å². The third-order valence-corrected chi connectivity index (χ3v) is 4.44. The Morgan fingerprint density at radius 3 is 2.86 bits per heavy atom. The van der Waals surface area contributed by atoms with E-state index in [4.69, 9.17) is 5.73 Å². The average molecular weight is 308 g/mol. The number of carbonyl (C=O) groups is 1. The lowest BCUT2D eigenvalue weighted by Gasteiger charge is -2.26. The van der Waals surface area contributed by atoms with Crippen LogP contribution in [0, 0.1) is 0 Å². The standard InChI is InChI=1S/C15H24N4OS/c1-2-17-15(20)12-3-4-13(16)14(11-12)18-5-6-19-7-9-21-10-8-19/h3-4,11,18H,2,5-10,16H2,1H3,(H,17,20). The van der Waals surface area contributed by atoms with Gasteiger partial charge in [0.1, 0.15) is 0 Å². The quantitative estimate of drug-likeness (QED) is 0.695. The number of benzene rings is 1. The summed E-state index contributed by atoms with van der Waals surface area (Å²) < 4.78 is 0. The SMILES string of the molecule is CCNC(=O)c1ccc(N)c(NCCN2CCSCC2)c1. The van der Waals surface area contributed by atoms with Crippen LogP contribution in [0.25, 0.3) is 0 Å². The lowest BCUT2D eigenvalue weighted by atomic mass is 10.1. The van der Waals surface area contributed by atoms with Crippen LogP contribution in [0.3, 0.4) is 0 Å². The Hall–Kier alpha value is -1.40. The van der Waals surface area contributed by atoms with Crippen molar-refractivity contribution in [1.29, 1.82) is 0 Å². The molecule has 0 aromatic heterocycles. The number of hydrogen-bond donors (Lipinski definition) is 3. The van der Waals surface area contributed by atoms with Crippen LogP contribution in [-0.2, 0) is 0 Å². The maximum Gasteiger partial charge on any atom is 0.251 e. The second-order valence-electron chi connectivity index (χ2n) is 5.04. The molecule has 116 valence electrons. The van der Waals surface area contributed by atoms with Gasteiger partial charge in [0.05, 0.1) is 11.4 Å². The number of thioether (sulfide) groups is 1. The molecule has 6 heteroatoms.